The maximum atomic E-state index is 14.0. The van der Waals surface area contributed by atoms with E-state index in [9.17, 15) is 14.8 Å². The topological polar surface area (TPSA) is 72.7 Å². The molecule has 22 heavy (non-hydrogen) atoms. The smallest absolute Gasteiger partial charge is 0.153 e. The van der Waals surface area contributed by atoms with Gasteiger partial charge in [-0.3, -0.25) is 0 Å². The molecule has 6 heteroatoms. The molecule has 0 atom stereocenters. The number of benzene rings is 2. The van der Waals surface area contributed by atoms with Crippen LogP contribution in [0.1, 0.15) is 11.4 Å². The maximum absolute atomic E-state index is 14.0. The highest BCUT2D eigenvalue weighted by Crippen LogP contribution is 2.27. The molecule has 3 aromatic rings. The molecule has 3 rings (SSSR count). The Kier molecular flexibility index (Phi) is 3.65. The summed E-state index contributed by atoms with van der Waals surface area (Å²) in [5.41, 5.74) is 1.22. The molecule has 0 fully saturated rings. The van der Waals surface area contributed by atoms with Crippen LogP contribution in [0.5, 0.6) is 0 Å². The summed E-state index contributed by atoms with van der Waals surface area (Å²) in [6.07, 6.45) is 0. The van der Waals surface area contributed by atoms with Gasteiger partial charge in [0.25, 0.3) is 0 Å². The number of halogens is 2. The van der Waals surface area contributed by atoms with Crippen LogP contribution >= 0.6 is 15.9 Å². The van der Waals surface area contributed by atoms with Crippen LogP contribution in [0.15, 0.2) is 46.9 Å². The van der Waals surface area contributed by atoms with Crippen LogP contribution in [-0.2, 0) is 0 Å². The van der Waals surface area contributed by atoms with Crippen molar-refractivity contribution in [3.63, 3.8) is 0 Å². The van der Waals surface area contributed by atoms with Gasteiger partial charge in [-0.05, 0) is 30.3 Å². The van der Waals surface area contributed by atoms with E-state index in [4.69, 9.17) is 0 Å². The third-order valence-corrected chi connectivity index (χ3v) is 3.65. The van der Waals surface area contributed by atoms with E-state index in [-0.39, 0.29) is 17.0 Å². The van der Waals surface area contributed by atoms with Crippen LogP contribution in [0.25, 0.3) is 22.4 Å². The number of imidazole rings is 1. The molecule has 0 aliphatic rings. The Hall–Kier alpha value is -2.65. The second-order valence-corrected chi connectivity index (χ2v) is 5.48. The van der Waals surface area contributed by atoms with Gasteiger partial charge < -0.3 is 10.1 Å². The lowest BCUT2D eigenvalue weighted by molar-refractivity contribution is 0.504. The number of aromatic nitrogens is 2. The van der Waals surface area contributed by atoms with Crippen molar-refractivity contribution in [3.8, 4) is 6.07 Å². The minimum Gasteiger partial charge on any atom is -0.506 e. The molecule has 0 unspecified atom stereocenters. The predicted octanol–water partition coefficient (Wildman–Crippen LogP) is 4.41. The average Bonchev–Trinajstić information content (AvgIpc) is 2.91. The molecule has 2 N–H and O–H groups in total. The van der Waals surface area contributed by atoms with Crippen molar-refractivity contribution in [3.05, 3.63) is 64.1 Å². The monoisotopic (exact) mass is 357 g/mol. The van der Waals surface area contributed by atoms with Gasteiger partial charge in [0.1, 0.15) is 23.2 Å². The summed E-state index contributed by atoms with van der Waals surface area (Å²) in [6, 6.07) is 13.3. The van der Waals surface area contributed by atoms with E-state index in [0.29, 0.717) is 9.99 Å². The van der Waals surface area contributed by atoms with Gasteiger partial charge in [-0.25, -0.2) is 9.37 Å². The molecule has 0 saturated heterocycles. The number of aliphatic hydroxyl groups is 1. The minimum atomic E-state index is -0.629. The van der Waals surface area contributed by atoms with Gasteiger partial charge in [0.2, 0.25) is 0 Å². The fourth-order valence-electron chi connectivity index (χ4n) is 2.11. The highest BCUT2D eigenvalue weighted by molar-refractivity contribution is 9.10. The molecule has 0 aliphatic carbocycles. The standard InChI is InChI=1S/C16H9BrFN3O/c17-9-5-6-10(12(18)7-9)15(22)11(8-19)16-20-13-3-1-2-4-14(13)21-16/h1-7,22H,(H,20,21). The highest BCUT2D eigenvalue weighted by Gasteiger charge is 2.17. The number of hydrogen-bond acceptors (Lipinski definition) is 3. The van der Waals surface area contributed by atoms with Crippen molar-refractivity contribution in [1.29, 1.82) is 5.26 Å². The molecule has 108 valence electrons. The summed E-state index contributed by atoms with van der Waals surface area (Å²) in [5, 5.41) is 19.6. The SMILES string of the molecule is N#CC(=C(O)c1ccc(Br)cc1F)c1nc2ccccc2[nH]1. The van der Waals surface area contributed by atoms with Crippen molar-refractivity contribution in [1.82, 2.24) is 9.97 Å². The summed E-state index contributed by atoms with van der Waals surface area (Å²) in [5.74, 6) is -0.884. The number of rotatable bonds is 2. The van der Waals surface area contributed by atoms with Crippen molar-refractivity contribution < 1.29 is 9.50 Å². The van der Waals surface area contributed by atoms with Crippen LogP contribution in [-0.4, -0.2) is 15.1 Å². The first kappa shape index (κ1) is 14.3. The fourth-order valence-corrected chi connectivity index (χ4v) is 2.44. The number of H-pyrrole nitrogens is 1. The van der Waals surface area contributed by atoms with Gasteiger partial charge in [0.15, 0.2) is 5.82 Å². The third kappa shape index (κ3) is 2.47. The van der Waals surface area contributed by atoms with Crippen molar-refractivity contribution in [2.24, 2.45) is 0 Å². The molecule has 1 heterocycles. The number of allylic oxidation sites excluding steroid dienone is 1. The molecule has 0 amide bonds. The Labute approximate surface area is 133 Å². The molecule has 0 aliphatic heterocycles. The fraction of sp³-hybridized carbons (Fsp3) is 0. The summed E-state index contributed by atoms with van der Waals surface area (Å²) in [6.45, 7) is 0. The normalized spacial score (nSPS) is 12.0. The van der Waals surface area contributed by atoms with Crippen LogP contribution in [0.3, 0.4) is 0 Å². The number of aliphatic hydroxyl groups excluding tert-OH is 1. The quantitative estimate of drug-likeness (QED) is 0.526. The third-order valence-electron chi connectivity index (χ3n) is 3.16. The molecule has 4 nitrogen and oxygen atoms in total. The van der Waals surface area contributed by atoms with Crippen molar-refractivity contribution >= 4 is 38.3 Å². The first-order chi connectivity index (χ1) is 10.6. The number of aromatic amines is 1. The van der Waals surface area contributed by atoms with Gasteiger partial charge in [-0.1, -0.05) is 28.1 Å². The number of hydrogen-bond donors (Lipinski definition) is 2. The van der Waals surface area contributed by atoms with E-state index >= 15 is 0 Å². The summed E-state index contributed by atoms with van der Waals surface area (Å²) < 4.78 is 14.5. The predicted molar refractivity (Wildman–Crippen MR) is 85.2 cm³/mol. The molecular weight excluding hydrogens is 349 g/mol. The molecular formula is C16H9BrFN3O. The van der Waals surface area contributed by atoms with Gasteiger partial charge >= 0.3 is 0 Å². The Bertz CT molecular complexity index is 907. The number of nitrogens with one attached hydrogen (secondary N) is 1. The maximum Gasteiger partial charge on any atom is 0.153 e. The zero-order chi connectivity index (χ0) is 15.7. The Morgan fingerprint density at radius 2 is 2.05 bits per heavy atom. The van der Waals surface area contributed by atoms with Crippen LogP contribution in [0.4, 0.5) is 4.39 Å². The van der Waals surface area contributed by atoms with E-state index in [0.717, 1.165) is 5.52 Å². The number of para-hydroxylation sites is 2. The summed E-state index contributed by atoms with van der Waals surface area (Å²) >= 11 is 3.15. The lowest BCUT2D eigenvalue weighted by Gasteiger charge is -2.04. The Balaban J connectivity index is 2.18. The van der Waals surface area contributed by atoms with Gasteiger partial charge in [0.05, 0.1) is 16.6 Å². The summed E-state index contributed by atoms with van der Waals surface area (Å²) in [7, 11) is 0. The van der Waals surface area contributed by atoms with E-state index in [1.807, 2.05) is 18.2 Å². The zero-order valence-corrected chi connectivity index (χ0v) is 12.7. The van der Waals surface area contributed by atoms with E-state index in [2.05, 4.69) is 25.9 Å². The lowest BCUT2D eigenvalue weighted by atomic mass is 10.1. The van der Waals surface area contributed by atoms with Gasteiger partial charge in [-0.15, -0.1) is 0 Å². The Morgan fingerprint density at radius 1 is 1.27 bits per heavy atom. The van der Waals surface area contributed by atoms with Crippen molar-refractivity contribution in [2.45, 2.75) is 0 Å². The average molecular weight is 358 g/mol. The first-order valence-corrected chi connectivity index (χ1v) is 7.13. The number of nitriles is 1. The Morgan fingerprint density at radius 3 is 2.73 bits per heavy atom. The lowest BCUT2D eigenvalue weighted by Crippen LogP contribution is -1.95. The summed E-state index contributed by atoms with van der Waals surface area (Å²) in [4.78, 5) is 7.19. The van der Waals surface area contributed by atoms with Crippen LogP contribution in [0.2, 0.25) is 0 Å². The molecule has 0 bridgehead atoms. The molecule has 0 radical (unpaired) electrons. The van der Waals surface area contributed by atoms with E-state index in [1.54, 1.807) is 18.2 Å². The van der Waals surface area contributed by atoms with Gasteiger partial charge in [0, 0.05) is 4.47 Å². The second kappa shape index (κ2) is 5.62. The first-order valence-electron chi connectivity index (χ1n) is 6.34. The second-order valence-electron chi connectivity index (χ2n) is 4.56. The number of fused-ring (bicyclic) bond motifs is 1. The molecule has 0 spiro atoms. The van der Waals surface area contributed by atoms with E-state index in [1.165, 1.54) is 12.1 Å². The van der Waals surface area contributed by atoms with Crippen LogP contribution in [0, 0.1) is 17.1 Å². The van der Waals surface area contributed by atoms with Gasteiger partial charge in [-0.2, -0.15) is 5.26 Å². The minimum absolute atomic E-state index is 0.0554. The largest absolute Gasteiger partial charge is 0.506 e. The molecule has 2 aromatic carbocycles. The highest BCUT2D eigenvalue weighted by atomic mass is 79.9. The number of nitrogens with zero attached hydrogens (tertiary/aromatic N) is 2. The molecule has 1 aromatic heterocycles. The molecule has 0 saturated carbocycles. The van der Waals surface area contributed by atoms with Crippen LogP contribution < -0.4 is 0 Å². The van der Waals surface area contributed by atoms with E-state index < -0.39 is 11.6 Å². The van der Waals surface area contributed by atoms with Crippen molar-refractivity contribution in [2.75, 3.05) is 0 Å². The zero-order valence-electron chi connectivity index (χ0n) is 11.1.